The maximum absolute atomic E-state index is 12.2. The topological polar surface area (TPSA) is 89.7 Å². The molecule has 4 rings (SSSR count). The molecule has 0 spiro atoms. The van der Waals surface area contributed by atoms with Crippen LogP contribution in [0.15, 0.2) is 43.0 Å². The molecule has 0 fully saturated rings. The van der Waals surface area contributed by atoms with Gasteiger partial charge in [-0.05, 0) is 43.3 Å². The van der Waals surface area contributed by atoms with Crippen LogP contribution in [-0.4, -0.2) is 37.0 Å². The Balaban J connectivity index is 1.31. The van der Waals surface area contributed by atoms with Crippen molar-refractivity contribution in [1.29, 1.82) is 0 Å². The van der Waals surface area contributed by atoms with Crippen molar-refractivity contribution in [3.05, 3.63) is 54.4 Å². The molecule has 0 saturated heterocycles. The summed E-state index contributed by atoms with van der Waals surface area (Å²) in [6.45, 7) is 2.81. The summed E-state index contributed by atoms with van der Waals surface area (Å²) in [6, 6.07) is 9.60. The highest BCUT2D eigenvalue weighted by atomic mass is 16.1. The zero-order chi connectivity index (χ0) is 17.8. The van der Waals surface area contributed by atoms with E-state index in [1.165, 1.54) is 12.0 Å². The zero-order valence-electron chi connectivity index (χ0n) is 14.4. The van der Waals surface area contributed by atoms with E-state index >= 15 is 0 Å². The molecule has 3 heterocycles. The standard InChI is InChI=1S/C18H21N7O/c26-18(7-4-15-10-17-11-19-8-1-9-24(17)23-15)22-14-2-5-16(6-3-14)25-13-20-12-21-25/h2-3,5-6,10,12-13,19H,1,4,7-9,11H2,(H,22,26). The van der Waals surface area contributed by atoms with Gasteiger partial charge in [-0.1, -0.05) is 0 Å². The predicted octanol–water partition coefficient (Wildman–Crippen LogP) is 1.53. The monoisotopic (exact) mass is 351 g/mol. The number of nitrogens with zero attached hydrogens (tertiary/aromatic N) is 5. The van der Waals surface area contributed by atoms with Crippen LogP contribution in [0, 0.1) is 0 Å². The lowest BCUT2D eigenvalue weighted by Crippen LogP contribution is -2.13. The van der Waals surface area contributed by atoms with Crippen LogP contribution in [0.5, 0.6) is 0 Å². The number of aromatic nitrogens is 5. The van der Waals surface area contributed by atoms with Crippen LogP contribution in [0.1, 0.15) is 24.2 Å². The molecular formula is C18H21N7O. The third-order valence-electron chi connectivity index (χ3n) is 4.39. The fourth-order valence-corrected chi connectivity index (χ4v) is 3.05. The van der Waals surface area contributed by atoms with Crippen LogP contribution in [-0.2, 0) is 24.3 Å². The molecule has 2 aromatic heterocycles. The third-order valence-corrected chi connectivity index (χ3v) is 4.39. The largest absolute Gasteiger partial charge is 0.326 e. The smallest absolute Gasteiger partial charge is 0.224 e. The Labute approximate surface area is 151 Å². The average Bonchev–Trinajstić information content (AvgIpc) is 3.27. The van der Waals surface area contributed by atoms with Crippen molar-refractivity contribution in [2.45, 2.75) is 32.4 Å². The number of anilines is 1. The molecule has 26 heavy (non-hydrogen) atoms. The molecule has 134 valence electrons. The van der Waals surface area contributed by atoms with E-state index in [0.717, 1.165) is 43.1 Å². The lowest BCUT2D eigenvalue weighted by Gasteiger charge is -2.06. The van der Waals surface area contributed by atoms with E-state index in [1.807, 2.05) is 24.3 Å². The fourth-order valence-electron chi connectivity index (χ4n) is 3.05. The number of benzene rings is 1. The van der Waals surface area contributed by atoms with Gasteiger partial charge in [0.15, 0.2) is 0 Å². The first-order chi connectivity index (χ1) is 12.8. The first kappa shape index (κ1) is 16.5. The van der Waals surface area contributed by atoms with Gasteiger partial charge in [0.2, 0.25) is 5.91 Å². The van der Waals surface area contributed by atoms with Crippen LogP contribution in [0.25, 0.3) is 5.69 Å². The highest BCUT2D eigenvalue weighted by molar-refractivity contribution is 5.90. The number of carbonyl (C=O) groups is 1. The minimum Gasteiger partial charge on any atom is -0.326 e. The van der Waals surface area contributed by atoms with Crippen LogP contribution in [0.2, 0.25) is 0 Å². The van der Waals surface area contributed by atoms with Gasteiger partial charge < -0.3 is 10.6 Å². The van der Waals surface area contributed by atoms with Crippen molar-refractivity contribution in [2.75, 3.05) is 11.9 Å². The van der Waals surface area contributed by atoms with E-state index < -0.39 is 0 Å². The average molecular weight is 351 g/mol. The van der Waals surface area contributed by atoms with E-state index in [2.05, 4.69) is 36.6 Å². The number of amides is 1. The Bertz CT molecular complexity index is 844. The third kappa shape index (κ3) is 3.80. The highest BCUT2D eigenvalue weighted by Crippen LogP contribution is 2.14. The molecular weight excluding hydrogens is 330 g/mol. The summed E-state index contributed by atoms with van der Waals surface area (Å²) >= 11 is 0. The quantitative estimate of drug-likeness (QED) is 0.728. The molecule has 1 aliphatic rings. The van der Waals surface area contributed by atoms with Gasteiger partial charge in [0.05, 0.1) is 17.1 Å². The lowest BCUT2D eigenvalue weighted by atomic mass is 10.2. The summed E-state index contributed by atoms with van der Waals surface area (Å²) in [5.74, 6) is -0.0141. The van der Waals surface area contributed by atoms with Crippen molar-refractivity contribution in [3.8, 4) is 5.69 Å². The summed E-state index contributed by atoms with van der Waals surface area (Å²) in [6.07, 6.45) is 5.26. The second-order valence-electron chi connectivity index (χ2n) is 6.32. The van der Waals surface area contributed by atoms with Gasteiger partial charge in [-0.3, -0.25) is 9.48 Å². The van der Waals surface area contributed by atoms with Gasteiger partial charge in [0, 0.05) is 31.6 Å². The minimum absolute atomic E-state index is 0.0141. The van der Waals surface area contributed by atoms with Crippen LogP contribution in [0.3, 0.4) is 0 Å². The molecule has 0 radical (unpaired) electrons. The van der Waals surface area contributed by atoms with Crippen molar-refractivity contribution < 1.29 is 4.79 Å². The zero-order valence-corrected chi connectivity index (χ0v) is 14.4. The number of hydrogen-bond acceptors (Lipinski definition) is 5. The van der Waals surface area contributed by atoms with Crippen molar-refractivity contribution in [1.82, 2.24) is 29.9 Å². The second kappa shape index (κ2) is 7.49. The number of nitrogens with one attached hydrogen (secondary N) is 2. The van der Waals surface area contributed by atoms with E-state index in [4.69, 9.17) is 0 Å². The number of rotatable bonds is 5. The molecule has 0 unspecified atom stereocenters. The van der Waals surface area contributed by atoms with Crippen LogP contribution < -0.4 is 10.6 Å². The Kier molecular flexibility index (Phi) is 4.74. The van der Waals surface area contributed by atoms with Gasteiger partial charge in [-0.2, -0.15) is 10.2 Å². The minimum atomic E-state index is -0.0141. The number of carbonyl (C=O) groups excluding carboxylic acids is 1. The molecule has 3 aromatic rings. The van der Waals surface area contributed by atoms with E-state index in [9.17, 15) is 4.79 Å². The van der Waals surface area contributed by atoms with E-state index in [0.29, 0.717) is 12.8 Å². The Morgan fingerprint density at radius 2 is 2.15 bits per heavy atom. The molecule has 8 nitrogen and oxygen atoms in total. The number of hydrogen-bond donors (Lipinski definition) is 2. The molecule has 0 saturated carbocycles. The van der Waals surface area contributed by atoms with Gasteiger partial charge in [-0.15, -0.1) is 0 Å². The van der Waals surface area contributed by atoms with Gasteiger partial charge >= 0.3 is 0 Å². The summed E-state index contributed by atoms with van der Waals surface area (Å²) < 4.78 is 3.72. The maximum atomic E-state index is 12.2. The predicted molar refractivity (Wildman–Crippen MR) is 96.9 cm³/mol. The summed E-state index contributed by atoms with van der Waals surface area (Å²) in [4.78, 5) is 16.1. The van der Waals surface area contributed by atoms with Crippen LogP contribution >= 0.6 is 0 Å². The molecule has 8 heteroatoms. The molecule has 1 amide bonds. The Morgan fingerprint density at radius 3 is 2.96 bits per heavy atom. The van der Waals surface area contributed by atoms with Crippen molar-refractivity contribution in [2.24, 2.45) is 0 Å². The Morgan fingerprint density at radius 1 is 1.27 bits per heavy atom. The normalized spacial score (nSPS) is 13.8. The molecule has 0 bridgehead atoms. The first-order valence-electron chi connectivity index (χ1n) is 8.79. The van der Waals surface area contributed by atoms with E-state index in [1.54, 1.807) is 11.0 Å². The maximum Gasteiger partial charge on any atom is 0.224 e. The van der Waals surface area contributed by atoms with E-state index in [-0.39, 0.29) is 5.91 Å². The molecule has 1 aliphatic heterocycles. The lowest BCUT2D eigenvalue weighted by molar-refractivity contribution is -0.116. The van der Waals surface area contributed by atoms with Gasteiger partial charge in [0.1, 0.15) is 12.7 Å². The summed E-state index contributed by atoms with van der Waals surface area (Å²) in [7, 11) is 0. The SMILES string of the molecule is O=C(CCc1cc2n(n1)CCCNC2)Nc1ccc(-n2cncn2)cc1. The van der Waals surface area contributed by atoms with Crippen LogP contribution in [0.4, 0.5) is 5.69 Å². The van der Waals surface area contributed by atoms with Crippen molar-refractivity contribution in [3.63, 3.8) is 0 Å². The molecule has 0 atom stereocenters. The summed E-state index contributed by atoms with van der Waals surface area (Å²) in [5.41, 5.74) is 3.83. The van der Waals surface area contributed by atoms with Gasteiger partial charge in [0.25, 0.3) is 0 Å². The molecule has 0 aliphatic carbocycles. The first-order valence-corrected chi connectivity index (χ1v) is 8.79. The Hall–Kier alpha value is -3.00. The molecule has 2 N–H and O–H groups in total. The van der Waals surface area contributed by atoms with Gasteiger partial charge in [-0.25, -0.2) is 9.67 Å². The highest BCUT2D eigenvalue weighted by Gasteiger charge is 2.12. The number of fused-ring (bicyclic) bond motifs is 1. The summed E-state index contributed by atoms with van der Waals surface area (Å²) in [5, 5.41) is 15.0. The fraction of sp³-hybridized carbons (Fsp3) is 0.333. The van der Waals surface area contributed by atoms with Crippen molar-refractivity contribution >= 4 is 11.6 Å². The second-order valence-corrected chi connectivity index (χ2v) is 6.32. The number of aryl methyl sites for hydroxylation is 2. The molecule has 1 aromatic carbocycles.